The molecule has 1 N–H and O–H groups in total. The van der Waals surface area contributed by atoms with Crippen LogP contribution < -0.4 is 0 Å². The van der Waals surface area contributed by atoms with Crippen LogP contribution in [0.4, 0.5) is 5.69 Å². The first-order valence-electron chi connectivity index (χ1n) is 10.4. The third kappa shape index (κ3) is 5.93. The Kier molecular flexibility index (Phi) is 6.88. The van der Waals surface area contributed by atoms with E-state index < -0.39 is 0 Å². The Bertz CT molecular complexity index is 1110. The fourth-order valence-corrected chi connectivity index (χ4v) is 4.42. The number of phenols is 1. The second-order valence-electron chi connectivity index (χ2n) is 9.75. The van der Waals surface area contributed by atoms with E-state index >= 15 is 0 Å². The largest absolute Gasteiger partial charge is 0.507 e. The van der Waals surface area contributed by atoms with Crippen molar-refractivity contribution in [2.24, 2.45) is 4.99 Å². The van der Waals surface area contributed by atoms with Gasteiger partial charge in [-0.1, -0.05) is 89.2 Å². The standard InChI is InChI=1S/C27H30ClNOS/c1-26(2,3)19-14-18(25(30)22(15-19)27(4,5)6)17-29-23-12-7-8-13-24(23)31-21-11-9-10-20(28)16-21/h7-17,30H,1-6H3. The lowest BCUT2D eigenvalue weighted by Gasteiger charge is -2.27. The zero-order chi connectivity index (χ0) is 22.8. The first-order valence-corrected chi connectivity index (χ1v) is 11.6. The fraction of sp³-hybridized carbons (Fsp3) is 0.296. The zero-order valence-electron chi connectivity index (χ0n) is 19.0. The van der Waals surface area contributed by atoms with E-state index in [4.69, 9.17) is 16.6 Å². The van der Waals surface area contributed by atoms with E-state index in [1.807, 2.05) is 54.6 Å². The van der Waals surface area contributed by atoms with E-state index in [1.165, 1.54) is 5.56 Å². The van der Waals surface area contributed by atoms with Gasteiger partial charge in [0.05, 0.1) is 5.69 Å². The van der Waals surface area contributed by atoms with E-state index in [9.17, 15) is 5.11 Å². The van der Waals surface area contributed by atoms with Gasteiger partial charge in [-0.3, -0.25) is 4.99 Å². The molecule has 31 heavy (non-hydrogen) atoms. The normalized spacial score (nSPS) is 12.5. The highest BCUT2D eigenvalue weighted by Gasteiger charge is 2.24. The van der Waals surface area contributed by atoms with Crippen molar-refractivity contribution >= 4 is 35.3 Å². The number of phenolic OH excluding ortho intramolecular Hbond substituents is 1. The summed E-state index contributed by atoms with van der Waals surface area (Å²) in [6.07, 6.45) is 1.77. The predicted octanol–water partition coefficient (Wildman–Crippen LogP) is 8.54. The summed E-state index contributed by atoms with van der Waals surface area (Å²) in [6.45, 7) is 12.9. The highest BCUT2D eigenvalue weighted by atomic mass is 35.5. The van der Waals surface area contributed by atoms with Crippen LogP contribution in [0.2, 0.25) is 5.02 Å². The number of para-hydroxylation sites is 1. The van der Waals surface area contributed by atoms with Gasteiger partial charge in [0.2, 0.25) is 0 Å². The van der Waals surface area contributed by atoms with Gasteiger partial charge < -0.3 is 5.11 Å². The van der Waals surface area contributed by atoms with E-state index in [1.54, 1.807) is 18.0 Å². The maximum atomic E-state index is 11.0. The zero-order valence-corrected chi connectivity index (χ0v) is 20.6. The van der Waals surface area contributed by atoms with Crippen LogP contribution in [0.5, 0.6) is 5.75 Å². The summed E-state index contributed by atoms with van der Waals surface area (Å²) in [4.78, 5) is 6.85. The average Bonchev–Trinajstić information content (AvgIpc) is 2.66. The molecular weight excluding hydrogens is 422 g/mol. The molecule has 0 aliphatic heterocycles. The Morgan fingerprint density at radius 2 is 1.58 bits per heavy atom. The molecule has 3 aromatic carbocycles. The van der Waals surface area contributed by atoms with Gasteiger partial charge in [-0.15, -0.1) is 0 Å². The Balaban J connectivity index is 2.02. The van der Waals surface area contributed by atoms with Gasteiger partial charge >= 0.3 is 0 Å². The second kappa shape index (κ2) is 9.10. The van der Waals surface area contributed by atoms with Crippen LogP contribution in [0.25, 0.3) is 0 Å². The number of nitrogens with zero attached hydrogens (tertiary/aromatic N) is 1. The van der Waals surface area contributed by atoms with Gasteiger partial charge in [0, 0.05) is 32.2 Å². The molecule has 2 nitrogen and oxygen atoms in total. The minimum Gasteiger partial charge on any atom is -0.507 e. The minimum absolute atomic E-state index is 0.0311. The number of hydrogen-bond acceptors (Lipinski definition) is 3. The van der Waals surface area contributed by atoms with Crippen LogP contribution in [0.1, 0.15) is 58.2 Å². The molecule has 0 fully saturated rings. The van der Waals surface area contributed by atoms with Crippen molar-refractivity contribution in [1.29, 1.82) is 0 Å². The number of hydrogen-bond donors (Lipinski definition) is 1. The number of aliphatic imine (C=N–C) groups is 1. The summed E-state index contributed by atoms with van der Waals surface area (Å²) in [5.41, 5.74) is 3.50. The molecule has 0 heterocycles. The van der Waals surface area contributed by atoms with Crippen molar-refractivity contribution in [3.8, 4) is 5.75 Å². The van der Waals surface area contributed by atoms with Crippen molar-refractivity contribution < 1.29 is 5.11 Å². The lowest BCUT2D eigenvalue weighted by Crippen LogP contribution is -2.17. The van der Waals surface area contributed by atoms with Gasteiger partial charge in [0.25, 0.3) is 0 Å². The number of aromatic hydroxyl groups is 1. The molecule has 4 heteroatoms. The highest BCUT2D eigenvalue weighted by Crippen LogP contribution is 2.38. The molecular formula is C27H30ClNOS. The van der Waals surface area contributed by atoms with Crippen LogP contribution in [0, 0.1) is 0 Å². The lowest BCUT2D eigenvalue weighted by molar-refractivity contribution is 0.444. The van der Waals surface area contributed by atoms with Crippen LogP contribution in [0.3, 0.4) is 0 Å². The van der Waals surface area contributed by atoms with Gasteiger partial charge in [-0.25, -0.2) is 0 Å². The summed E-state index contributed by atoms with van der Waals surface area (Å²) in [7, 11) is 0. The van der Waals surface area contributed by atoms with Crippen molar-refractivity contribution in [1.82, 2.24) is 0 Å². The molecule has 0 aliphatic rings. The molecule has 0 atom stereocenters. The Labute approximate surface area is 195 Å². The molecule has 0 unspecified atom stereocenters. The molecule has 0 saturated carbocycles. The Morgan fingerprint density at radius 1 is 0.871 bits per heavy atom. The summed E-state index contributed by atoms with van der Waals surface area (Å²) in [6, 6.07) is 20.0. The van der Waals surface area contributed by atoms with E-state index in [0.29, 0.717) is 10.8 Å². The summed E-state index contributed by atoms with van der Waals surface area (Å²) >= 11 is 7.76. The topological polar surface area (TPSA) is 32.6 Å². The van der Waals surface area contributed by atoms with E-state index in [2.05, 4.69) is 47.6 Å². The lowest BCUT2D eigenvalue weighted by atomic mass is 9.79. The van der Waals surface area contributed by atoms with Crippen LogP contribution >= 0.6 is 23.4 Å². The molecule has 0 aromatic heterocycles. The highest BCUT2D eigenvalue weighted by molar-refractivity contribution is 7.99. The molecule has 3 aromatic rings. The molecule has 3 rings (SSSR count). The number of halogens is 1. The molecule has 0 saturated heterocycles. The van der Waals surface area contributed by atoms with Crippen molar-refractivity contribution in [2.45, 2.75) is 62.2 Å². The molecule has 0 radical (unpaired) electrons. The molecule has 0 spiro atoms. The summed E-state index contributed by atoms with van der Waals surface area (Å²) in [5.74, 6) is 0.296. The fourth-order valence-electron chi connectivity index (χ4n) is 3.21. The van der Waals surface area contributed by atoms with Crippen molar-refractivity contribution in [3.63, 3.8) is 0 Å². The third-order valence-corrected chi connectivity index (χ3v) is 6.34. The average molecular weight is 452 g/mol. The number of rotatable bonds is 4. The van der Waals surface area contributed by atoms with Gasteiger partial charge in [0.15, 0.2) is 0 Å². The monoisotopic (exact) mass is 451 g/mol. The summed E-state index contributed by atoms with van der Waals surface area (Å²) in [5, 5.41) is 11.7. The maximum Gasteiger partial charge on any atom is 0.128 e. The maximum absolute atomic E-state index is 11.0. The summed E-state index contributed by atoms with van der Waals surface area (Å²) < 4.78 is 0. The van der Waals surface area contributed by atoms with E-state index in [-0.39, 0.29) is 10.8 Å². The Morgan fingerprint density at radius 3 is 2.23 bits per heavy atom. The van der Waals surface area contributed by atoms with Crippen LogP contribution in [0.15, 0.2) is 75.4 Å². The third-order valence-electron chi connectivity index (χ3n) is 5.05. The first kappa shape index (κ1) is 23.4. The molecule has 0 aliphatic carbocycles. The van der Waals surface area contributed by atoms with Gasteiger partial charge in [-0.05, 0) is 52.8 Å². The van der Waals surface area contributed by atoms with Crippen LogP contribution in [-0.2, 0) is 10.8 Å². The molecule has 0 bridgehead atoms. The van der Waals surface area contributed by atoms with Gasteiger partial charge in [0.1, 0.15) is 5.75 Å². The first-order chi connectivity index (χ1) is 14.4. The quantitative estimate of drug-likeness (QED) is 0.403. The Hall–Kier alpha value is -2.23. The molecule has 0 amide bonds. The second-order valence-corrected chi connectivity index (χ2v) is 11.3. The predicted molar refractivity (Wildman–Crippen MR) is 135 cm³/mol. The van der Waals surface area contributed by atoms with E-state index in [0.717, 1.165) is 26.6 Å². The number of benzene rings is 3. The van der Waals surface area contributed by atoms with Crippen molar-refractivity contribution in [3.05, 3.63) is 82.4 Å². The molecule has 162 valence electrons. The SMILES string of the molecule is CC(C)(C)c1cc(C=Nc2ccccc2Sc2cccc(Cl)c2)c(O)c(C(C)(C)C)c1. The minimum atomic E-state index is -0.172. The van der Waals surface area contributed by atoms with Gasteiger partial charge in [-0.2, -0.15) is 0 Å². The van der Waals surface area contributed by atoms with Crippen LogP contribution in [-0.4, -0.2) is 11.3 Å². The van der Waals surface area contributed by atoms with Crippen molar-refractivity contribution in [2.75, 3.05) is 0 Å². The smallest absolute Gasteiger partial charge is 0.128 e.